The Balaban J connectivity index is 1.88. The third-order valence-corrected chi connectivity index (χ3v) is 5.73. The molecule has 0 atom stereocenters. The van der Waals surface area contributed by atoms with E-state index in [1.165, 1.54) is 30.7 Å². The fraction of sp³-hybridized carbons (Fsp3) is 0.478. The van der Waals surface area contributed by atoms with Gasteiger partial charge in [0.15, 0.2) is 23.2 Å². The summed E-state index contributed by atoms with van der Waals surface area (Å²) in [5.41, 5.74) is -0.251. The van der Waals surface area contributed by atoms with Gasteiger partial charge in [-0.1, -0.05) is 31.9 Å². The molecule has 0 radical (unpaired) electrons. The zero-order chi connectivity index (χ0) is 20.3. The summed E-state index contributed by atoms with van der Waals surface area (Å²) in [5, 5.41) is 0. The van der Waals surface area contributed by atoms with Crippen LogP contribution in [0.5, 0.6) is 5.75 Å². The number of rotatable bonds is 6. The summed E-state index contributed by atoms with van der Waals surface area (Å²) in [6, 6.07) is 5.32. The van der Waals surface area contributed by atoms with E-state index in [1.807, 2.05) is 0 Å². The Morgan fingerprint density at radius 3 is 2.00 bits per heavy atom. The molecule has 0 saturated heterocycles. The second-order valence-electron chi connectivity index (χ2n) is 7.51. The van der Waals surface area contributed by atoms with Crippen molar-refractivity contribution in [3.05, 3.63) is 53.1 Å². The van der Waals surface area contributed by atoms with Gasteiger partial charge >= 0.3 is 0 Å². The largest absolute Gasteiger partial charge is 0.491 e. The zero-order valence-corrected chi connectivity index (χ0v) is 16.3. The molecule has 0 amide bonds. The normalized spacial score (nSPS) is 19.6. The van der Waals surface area contributed by atoms with Crippen LogP contribution in [0, 0.1) is 29.2 Å². The number of ether oxygens (including phenoxy) is 1. The molecule has 0 heterocycles. The summed E-state index contributed by atoms with van der Waals surface area (Å²) in [7, 11) is 0. The van der Waals surface area contributed by atoms with Crippen LogP contribution in [-0.2, 0) is 0 Å². The van der Waals surface area contributed by atoms with Crippen LogP contribution in [0.1, 0.15) is 63.9 Å². The summed E-state index contributed by atoms with van der Waals surface area (Å²) in [6.07, 6.45) is 5.99. The minimum Gasteiger partial charge on any atom is -0.491 e. The Hall–Kier alpha value is -2.04. The molecule has 152 valence electrons. The second-order valence-corrected chi connectivity index (χ2v) is 7.51. The predicted octanol–water partition coefficient (Wildman–Crippen LogP) is 7.38. The van der Waals surface area contributed by atoms with E-state index in [0.29, 0.717) is 11.5 Å². The van der Waals surface area contributed by atoms with Gasteiger partial charge in [0.2, 0.25) is 5.82 Å². The van der Waals surface area contributed by atoms with Gasteiger partial charge in [0, 0.05) is 11.1 Å². The van der Waals surface area contributed by atoms with Crippen LogP contribution in [-0.4, -0.2) is 6.61 Å². The van der Waals surface area contributed by atoms with Gasteiger partial charge in [-0.25, -0.2) is 13.2 Å². The summed E-state index contributed by atoms with van der Waals surface area (Å²) in [6.45, 7) is 3.98. The second kappa shape index (κ2) is 8.97. The molecule has 0 bridgehead atoms. The standard InChI is InChI=1S/C23H26F4O/c1-3-5-14-6-8-15(9-7-14)16-10-11-17(21(25)20(16)24)18-12-13-19(28-4-2)23(27)22(18)26/h10-15H,3-9H2,1-2H3. The van der Waals surface area contributed by atoms with Gasteiger partial charge in [-0.15, -0.1) is 0 Å². The van der Waals surface area contributed by atoms with E-state index in [2.05, 4.69) is 6.92 Å². The van der Waals surface area contributed by atoms with E-state index in [1.54, 1.807) is 6.92 Å². The highest BCUT2D eigenvalue weighted by Crippen LogP contribution is 2.40. The lowest BCUT2D eigenvalue weighted by Gasteiger charge is -2.29. The molecule has 0 aromatic heterocycles. The van der Waals surface area contributed by atoms with Crippen LogP contribution in [0.2, 0.25) is 0 Å². The third kappa shape index (κ3) is 4.03. The highest BCUT2D eigenvalue weighted by molar-refractivity contribution is 5.66. The highest BCUT2D eigenvalue weighted by Gasteiger charge is 2.27. The first kappa shape index (κ1) is 20.7. The van der Waals surface area contributed by atoms with Crippen molar-refractivity contribution in [2.75, 3.05) is 6.61 Å². The van der Waals surface area contributed by atoms with Crippen LogP contribution < -0.4 is 4.74 Å². The van der Waals surface area contributed by atoms with Gasteiger partial charge in [-0.05, 0) is 62.1 Å². The Morgan fingerprint density at radius 1 is 0.786 bits per heavy atom. The molecule has 2 aromatic carbocycles. The maximum atomic E-state index is 14.8. The highest BCUT2D eigenvalue weighted by atomic mass is 19.2. The van der Waals surface area contributed by atoms with Crippen molar-refractivity contribution in [1.82, 2.24) is 0 Å². The lowest BCUT2D eigenvalue weighted by molar-refractivity contribution is 0.303. The lowest BCUT2D eigenvalue weighted by atomic mass is 9.77. The number of hydrogen-bond donors (Lipinski definition) is 0. The quantitative estimate of drug-likeness (QED) is 0.464. The molecule has 0 spiro atoms. The maximum Gasteiger partial charge on any atom is 0.201 e. The fourth-order valence-electron chi connectivity index (χ4n) is 4.26. The van der Waals surface area contributed by atoms with Crippen LogP contribution in [0.4, 0.5) is 17.6 Å². The Bertz CT molecular complexity index is 826. The summed E-state index contributed by atoms with van der Waals surface area (Å²) >= 11 is 0. The first-order chi connectivity index (χ1) is 13.5. The smallest absolute Gasteiger partial charge is 0.201 e. The van der Waals surface area contributed by atoms with Crippen molar-refractivity contribution in [3.8, 4) is 16.9 Å². The molecule has 1 saturated carbocycles. The van der Waals surface area contributed by atoms with Crippen molar-refractivity contribution < 1.29 is 22.3 Å². The monoisotopic (exact) mass is 394 g/mol. The van der Waals surface area contributed by atoms with Crippen LogP contribution >= 0.6 is 0 Å². The average molecular weight is 394 g/mol. The van der Waals surface area contributed by atoms with Crippen LogP contribution in [0.15, 0.2) is 24.3 Å². The molecule has 1 nitrogen and oxygen atoms in total. The number of benzene rings is 2. The fourth-order valence-corrected chi connectivity index (χ4v) is 4.26. The number of halogens is 4. The SMILES string of the molecule is CCCC1CCC(c2ccc(-c3ccc(OCC)c(F)c3F)c(F)c2F)CC1. The van der Waals surface area contributed by atoms with E-state index in [4.69, 9.17) is 4.74 Å². The Labute approximate surface area is 163 Å². The lowest BCUT2D eigenvalue weighted by Crippen LogP contribution is -2.15. The molecule has 3 rings (SSSR count). The van der Waals surface area contributed by atoms with Crippen LogP contribution in [0.25, 0.3) is 11.1 Å². The molecule has 5 heteroatoms. The van der Waals surface area contributed by atoms with Crippen LogP contribution in [0.3, 0.4) is 0 Å². The van der Waals surface area contributed by atoms with Gasteiger partial charge in [-0.3, -0.25) is 0 Å². The number of hydrogen-bond acceptors (Lipinski definition) is 1. The molecular weight excluding hydrogens is 368 g/mol. The molecule has 2 aromatic rings. The summed E-state index contributed by atoms with van der Waals surface area (Å²) in [4.78, 5) is 0. The third-order valence-electron chi connectivity index (χ3n) is 5.73. The zero-order valence-electron chi connectivity index (χ0n) is 16.3. The first-order valence-electron chi connectivity index (χ1n) is 10.1. The van der Waals surface area contributed by atoms with E-state index in [0.717, 1.165) is 32.1 Å². The topological polar surface area (TPSA) is 9.23 Å². The maximum absolute atomic E-state index is 14.8. The minimum absolute atomic E-state index is 0.0291. The molecule has 1 aliphatic carbocycles. The van der Waals surface area contributed by atoms with Crippen molar-refractivity contribution in [2.24, 2.45) is 5.92 Å². The van der Waals surface area contributed by atoms with E-state index < -0.39 is 23.3 Å². The Kier molecular flexibility index (Phi) is 6.63. The average Bonchev–Trinajstić information content (AvgIpc) is 2.69. The predicted molar refractivity (Wildman–Crippen MR) is 102 cm³/mol. The van der Waals surface area contributed by atoms with E-state index in [9.17, 15) is 17.6 Å². The molecule has 1 fully saturated rings. The van der Waals surface area contributed by atoms with Crippen molar-refractivity contribution in [2.45, 2.75) is 58.3 Å². The molecule has 0 aliphatic heterocycles. The molecule has 1 aliphatic rings. The van der Waals surface area contributed by atoms with Gasteiger partial charge < -0.3 is 4.74 Å². The van der Waals surface area contributed by atoms with E-state index >= 15 is 0 Å². The van der Waals surface area contributed by atoms with Gasteiger partial charge in [0.1, 0.15) is 0 Å². The Morgan fingerprint density at radius 2 is 1.39 bits per heavy atom. The van der Waals surface area contributed by atoms with Gasteiger partial charge in [-0.2, -0.15) is 4.39 Å². The first-order valence-corrected chi connectivity index (χ1v) is 10.1. The molecule has 28 heavy (non-hydrogen) atoms. The van der Waals surface area contributed by atoms with Crippen molar-refractivity contribution in [1.29, 1.82) is 0 Å². The van der Waals surface area contributed by atoms with E-state index in [-0.39, 0.29) is 29.4 Å². The molecule has 0 N–H and O–H groups in total. The minimum atomic E-state index is -1.24. The summed E-state index contributed by atoms with van der Waals surface area (Å²) in [5.74, 6) is -4.13. The van der Waals surface area contributed by atoms with Crippen molar-refractivity contribution in [3.63, 3.8) is 0 Å². The van der Waals surface area contributed by atoms with Gasteiger partial charge in [0.05, 0.1) is 6.61 Å². The van der Waals surface area contributed by atoms with Gasteiger partial charge in [0.25, 0.3) is 0 Å². The molecular formula is C23H26F4O. The van der Waals surface area contributed by atoms with Crippen molar-refractivity contribution >= 4 is 0 Å². The molecule has 0 unspecified atom stereocenters. The summed E-state index contributed by atoms with van der Waals surface area (Å²) < 4.78 is 63.1.